The van der Waals surface area contributed by atoms with Crippen molar-refractivity contribution in [3.8, 4) is 33.4 Å². The topological polar surface area (TPSA) is 0 Å². The summed E-state index contributed by atoms with van der Waals surface area (Å²) in [4.78, 5) is 0. The lowest BCUT2D eigenvalue weighted by Gasteiger charge is -2.19. The monoisotopic (exact) mass is 574 g/mol. The average Bonchev–Trinajstić information content (AvgIpc) is 3.39. The highest BCUT2D eigenvalue weighted by molar-refractivity contribution is 6.21. The zero-order valence-corrected chi connectivity index (χ0v) is 25.8. The van der Waals surface area contributed by atoms with Crippen molar-refractivity contribution in [1.82, 2.24) is 0 Å². The molecule has 0 aromatic heterocycles. The lowest BCUT2D eigenvalue weighted by Crippen LogP contribution is -2.09. The molecule has 0 atom stereocenters. The van der Waals surface area contributed by atoms with E-state index in [1.165, 1.54) is 87.6 Å². The molecule has 9 rings (SSSR count). The Morgan fingerprint density at radius 2 is 0.844 bits per heavy atom. The smallest absolute Gasteiger partial charge is 0.00262 e. The molecule has 0 unspecified atom stereocenters. The quantitative estimate of drug-likeness (QED) is 0.184. The average molecular weight is 575 g/mol. The maximum Gasteiger partial charge on any atom is -0.00262 e. The van der Waals surface area contributed by atoms with Crippen molar-refractivity contribution in [2.75, 3.05) is 0 Å². The van der Waals surface area contributed by atoms with Crippen molar-refractivity contribution in [3.63, 3.8) is 0 Å². The Morgan fingerprint density at radius 3 is 1.47 bits per heavy atom. The minimum absolute atomic E-state index is 0.291. The molecule has 8 aromatic rings. The molecule has 0 N–H and O–H groups in total. The second kappa shape index (κ2) is 9.91. The van der Waals surface area contributed by atoms with Gasteiger partial charge in [0.05, 0.1) is 0 Å². The zero-order valence-electron chi connectivity index (χ0n) is 25.8. The number of hydrogen-bond acceptors (Lipinski definition) is 0. The fraction of sp³-hybridized carbons (Fsp3) is 0.111. The van der Waals surface area contributed by atoms with Gasteiger partial charge in [-0.15, -0.1) is 0 Å². The molecule has 45 heavy (non-hydrogen) atoms. The molecule has 8 aromatic carbocycles. The van der Waals surface area contributed by atoms with Crippen molar-refractivity contribution in [1.29, 1.82) is 0 Å². The molecule has 0 heterocycles. The summed E-state index contributed by atoms with van der Waals surface area (Å²) >= 11 is 0. The van der Waals surface area contributed by atoms with Crippen LogP contribution < -0.4 is 0 Å². The fourth-order valence-corrected chi connectivity index (χ4v) is 8.09. The molecule has 214 valence electrons. The Balaban J connectivity index is 1.26. The van der Waals surface area contributed by atoms with Gasteiger partial charge in [0.15, 0.2) is 0 Å². The summed E-state index contributed by atoms with van der Waals surface area (Å²) in [5.41, 5.74) is 11.2. The van der Waals surface area contributed by atoms with Crippen LogP contribution in [0, 0.1) is 5.41 Å². The van der Waals surface area contributed by atoms with Gasteiger partial charge < -0.3 is 0 Å². The van der Waals surface area contributed by atoms with Crippen LogP contribution in [0.5, 0.6) is 0 Å². The summed E-state index contributed by atoms with van der Waals surface area (Å²) in [6.07, 6.45) is 2.26. The van der Waals surface area contributed by atoms with E-state index in [4.69, 9.17) is 0 Å². The first-order chi connectivity index (χ1) is 22.0. The molecule has 0 nitrogen and oxygen atoms in total. The lowest BCUT2D eigenvalue weighted by molar-refractivity contribution is 0.393. The molecule has 0 saturated heterocycles. The third kappa shape index (κ3) is 4.20. The van der Waals surface area contributed by atoms with Crippen molar-refractivity contribution in [2.45, 2.75) is 26.7 Å². The molecule has 0 saturated carbocycles. The maximum atomic E-state index is 2.44. The highest BCUT2D eigenvalue weighted by atomic mass is 14.4. The summed E-state index contributed by atoms with van der Waals surface area (Å²) < 4.78 is 0. The first-order valence-electron chi connectivity index (χ1n) is 16.1. The molecular weight excluding hydrogens is 540 g/mol. The van der Waals surface area contributed by atoms with Gasteiger partial charge in [0.2, 0.25) is 0 Å². The van der Waals surface area contributed by atoms with Gasteiger partial charge in [-0.25, -0.2) is 0 Å². The molecule has 1 aliphatic carbocycles. The molecule has 0 fully saturated rings. The molecular formula is C45H34. The summed E-state index contributed by atoms with van der Waals surface area (Å²) in [6, 6.07) is 54.2. The second-order valence-electron chi connectivity index (χ2n) is 13.6. The highest BCUT2D eigenvalue weighted by Crippen LogP contribution is 2.47. The van der Waals surface area contributed by atoms with E-state index in [0.29, 0.717) is 5.41 Å². The predicted octanol–water partition coefficient (Wildman–Crippen LogP) is 12.4. The van der Waals surface area contributed by atoms with Gasteiger partial charge in [0, 0.05) is 0 Å². The Labute approximate surface area is 264 Å². The van der Waals surface area contributed by atoms with E-state index in [-0.39, 0.29) is 0 Å². The van der Waals surface area contributed by atoms with Gasteiger partial charge in [-0.3, -0.25) is 0 Å². The molecule has 0 bridgehead atoms. The van der Waals surface area contributed by atoms with Gasteiger partial charge in [0.1, 0.15) is 0 Å². The number of benzene rings is 8. The zero-order chi connectivity index (χ0) is 30.1. The third-order valence-corrected chi connectivity index (χ3v) is 10.0. The van der Waals surface area contributed by atoms with E-state index in [0.717, 1.165) is 12.8 Å². The third-order valence-electron chi connectivity index (χ3n) is 10.0. The predicted molar refractivity (Wildman–Crippen MR) is 194 cm³/mol. The van der Waals surface area contributed by atoms with Crippen molar-refractivity contribution < 1.29 is 0 Å². The van der Waals surface area contributed by atoms with E-state index in [9.17, 15) is 0 Å². The van der Waals surface area contributed by atoms with Gasteiger partial charge in [-0.2, -0.15) is 0 Å². The van der Waals surface area contributed by atoms with Gasteiger partial charge >= 0.3 is 0 Å². The molecule has 1 aliphatic rings. The van der Waals surface area contributed by atoms with Gasteiger partial charge in [0.25, 0.3) is 0 Å². The van der Waals surface area contributed by atoms with Gasteiger partial charge in [-0.05, 0) is 112 Å². The van der Waals surface area contributed by atoms with E-state index >= 15 is 0 Å². The van der Waals surface area contributed by atoms with Crippen LogP contribution in [0.4, 0.5) is 0 Å². The summed E-state index contributed by atoms with van der Waals surface area (Å²) in [6.45, 7) is 4.81. The van der Waals surface area contributed by atoms with Gasteiger partial charge in [-0.1, -0.05) is 153 Å². The Morgan fingerprint density at radius 1 is 0.378 bits per heavy atom. The van der Waals surface area contributed by atoms with Crippen molar-refractivity contribution in [3.05, 3.63) is 157 Å². The first-order valence-corrected chi connectivity index (χ1v) is 16.1. The minimum atomic E-state index is 0.291. The Hall–Kier alpha value is -5.20. The van der Waals surface area contributed by atoms with Crippen LogP contribution in [0.3, 0.4) is 0 Å². The number of fused-ring (bicyclic) bond motifs is 5. The standard InChI is InChI=1S/C45H34/c1-45(2)27-35-26-33-13-5-6-14-36(33)42(41(35)28-45)30-20-22-31(23-21-30)43-37-15-7-9-17-39(37)44(40-18-10-8-16-38(40)43)34-24-19-29-11-3-4-12-32(29)25-34/h3-26H,27-28H2,1-2H3. The largest absolute Gasteiger partial charge is 0.0616 e. The van der Waals surface area contributed by atoms with Crippen molar-refractivity contribution in [2.24, 2.45) is 5.41 Å². The van der Waals surface area contributed by atoms with Crippen LogP contribution in [0.2, 0.25) is 0 Å². The van der Waals surface area contributed by atoms with Crippen LogP contribution >= 0.6 is 0 Å². The van der Waals surface area contributed by atoms with E-state index < -0.39 is 0 Å². The SMILES string of the molecule is CC1(C)Cc2cc3ccccc3c(-c3ccc(-c4c5ccccc5c(-c5ccc6ccccc6c5)c5ccccc45)cc3)c2C1. The Bertz CT molecular complexity index is 2380. The van der Waals surface area contributed by atoms with Crippen LogP contribution in [-0.4, -0.2) is 0 Å². The summed E-state index contributed by atoms with van der Waals surface area (Å²) in [7, 11) is 0. The fourth-order valence-electron chi connectivity index (χ4n) is 8.09. The van der Waals surface area contributed by atoms with E-state index in [1.807, 2.05) is 0 Å². The van der Waals surface area contributed by atoms with Crippen molar-refractivity contribution >= 4 is 43.1 Å². The van der Waals surface area contributed by atoms with Crippen LogP contribution in [0.1, 0.15) is 25.0 Å². The summed E-state index contributed by atoms with van der Waals surface area (Å²) in [5.74, 6) is 0. The first kappa shape index (κ1) is 26.2. The Kier molecular flexibility index (Phi) is 5.77. The number of rotatable bonds is 3. The highest BCUT2D eigenvalue weighted by Gasteiger charge is 2.31. The van der Waals surface area contributed by atoms with Crippen LogP contribution in [-0.2, 0) is 12.8 Å². The molecule has 0 spiro atoms. The molecule has 0 heteroatoms. The molecule has 0 aliphatic heterocycles. The minimum Gasteiger partial charge on any atom is -0.0616 e. The van der Waals surface area contributed by atoms with Crippen LogP contribution in [0.25, 0.3) is 76.5 Å². The summed E-state index contributed by atoms with van der Waals surface area (Å²) in [5, 5.41) is 10.4. The second-order valence-corrected chi connectivity index (χ2v) is 13.6. The molecule has 0 radical (unpaired) electrons. The van der Waals surface area contributed by atoms with Crippen LogP contribution in [0.15, 0.2) is 146 Å². The van der Waals surface area contributed by atoms with E-state index in [1.54, 1.807) is 0 Å². The maximum absolute atomic E-state index is 2.44. The number of hydrogen-bond donors (Lipinski definition) is 0. The normalized spacial score (nSPS) is 14.0. The van der Waals surface area contributed by atoms with E-state index in [2.05, 4.69) is 159 Å². The lowest BCUT2D eigenvalue weighted by atomic mass is 9.84. The molecule has 0 amide bonds.